The van der Waals surface area contributed by atoms with Gasteiger partial charge in [0.1, 0.15) is 5.75 Å². The molecule has 1 saturated heterocycles. The number of urea groups is 1. The number of hydrogen-bond acceptors (Lipinski definition) is 5. The molecule has 2 heterocycles. The van der Waals surface area contributed by atoms with Gasteiger partial charge in [-0.2, -0.15) is 0 Å². The fraction of sp³-hybridized carbons (Fsp3) is 0.500. The fourth-order valence-corrected chi connectivity index (χ4v) is 3.58. The Hall–Kier alpha value is -2.54. The first-order valence-electron chi connectivity index (χ1n) is 9.27. The van der Waals surface area contributed by atoms with Crippen molar-refractivity contribution in [2.24, 2.45) is 5.92 Å². The van der Waals surface area contributed by atoms with Gasteiger partial charge in [-0.1, -0.05) is 19.1 Å². The number of piperidine rings is 1. The van der Waals surface area contributed by atoms with Crippen molar-refractivity contribution in [3.8, 4) is 5.75 Å². The van der Waals surface area contributed by atoms with Gasteiger partial charge < -0.3 is 20.1 Å². The van der Waals surface area contributed by atoms with Crippen molar-refractivity contribution >= 4 is 12.0 Å². The molecule has 1 unspecified atom stereocenters. The standard InChI is InChI=1S/C20H27N3O4/c1-13-8-10-23(11-9-13)12-16-17(19(24)27-3)18(22-20(25)21-16)14-4-6-15(26-2)7-5-14/h4-7,13,18H,8-12H2,1-3H3,(H2,21,22,25). The highest BCUT2D eigenvalue weighted by Gasteiger charge is 2.34. The molecule has 0 spiro atoms. The van der Waals surface area contributed by atoms with Crippen LogP contribution in [0.15, 0.2) is 35.5 Å². The maximum atomic E-state index is 12.6. The molecule has 0 aromatic heterocycles. The minimum atomic E-state index is -0.559. The van der Waals surface area contributed by atoms with E-state index in [4.69, 9.17) is 9.47 Å². The molecule has 0 radical (unpaired) electrons. The number of hydrogen-bond donors (Lipinski definition) is 2. The molecule has 1 aromatic rings. The smallest absolute Gasteiger partial charge is 0.338 e. The van der Waals surface area contributed by atoms with E-state index in [1.54, 1.807) is 7.11 Å². The second-order valence-electron chi connectivity index (χ2n) is 7.15. The van der Waals surface area contributed by atoms with E-state index >= 15 is 0 Å². The molecule has 1 aromatic carbocycles. The topological polar surface area (TPSA) is 79.9 Å². The average Bonchev–Trinajstić information content (AvgIpc) is 2.69. The number of benzene rings is 1. The summed E-state index contributed by atoms with van der Waals surface area (Å²) in [5.74, 6) is 0.985. The van der Waals surface area contributed by atoms with E-state index in [-0.39, 0.29) is 6.03 Å². The third kappa shape index (κ3) is 4.42. The Balaban J connectivity index is 1.92. The first-order chi connectivity index (χ1) is 13.0. The average molecular weight is 373 g/mol. The van der Waals surface area contributed by atoms with Crippen molar-refractivity contribution in [1.29, 1.82) is 0 Å². The van der Waals surface area contributed by atoms with Crippen molar-refractivity contribution in [2.45, 2.75) is 25.8 Å². The fourth-order valence-electron chi connectivity index (χ4n) is 3.58. The monoisotopic (exact) mass is 373 g/mol. The Bertz CT molecular complexity index is 721. The Morgan fingerprint density at radius 3 is 2.44 bits per heavy atom. The third-order valence-electron chi connectivity index (χ3n) is 5.27. The van der Waals surface area contributed by atoms with Crippen LogP contribution in [0.4, 0.5) is 4.79 Å². The number of methoxy groups -OCH3 is 2. The minimum Gasteiger partial charge on any atom is -0.497 e. The highest BCUT2D eigenvalue weighted by atomic mass is 16.5. The van der Waals surface area contributed by atoms with E-state index in [9.17, 15) is 9.59 Å². The number of likely N-dealkylation sites (tertiary alicyclic amines) is 1. The lowest BCUT2D eigenvalue weighted by atomic mass is 9.94. The summed E-state index contributed by atoms with van der Waals surface area (Å²) in [4.78, 5) is 27.1. The van der Waals surface area contributed by atoms with Gasteiger partial charge in [0.15, 0.2) is 0 Å². The molecule has 7 nitrogen and oxygen atoms in total. The van der Waals surface area contributed by atoms with Crippen LogP contribution in [-0.4, -0.2) is 50.8 Å². The molecule has 1 fully saturated rings. The SMILES string of the molecule is COC(=O)C1=C(CN2CCC(C)CC2)NC(=O)NC1c1ccc(OC)cc1. The van der Waals surface area contributed by atoms with Crippen LogP contribution in [0.2, 0.25) is 0 Å². The van der Waals surface area contributed by atoms with E-state index in [0.29, 0.717) is 29.5 Å². The third-order valence-corrected chi connectivity index (χ3v) is 5.27. The lowest BCUT2D eigenvalue weighted by molar-refractivity contribution is -0.136. The molecule has 2 N–H and O–H groups in total. The number of carbonyl (C=O) groups is 2. The maximum absolute atomic E-state index is 12.6. The zero-order valence-corrected chi connectivity index (χ0v) is 16.1. The number of esters is 1. The van der Waals surface area contributed by atoms with Gasteiger partial charge in [-0.3, -0.25) is 4.90 Å². The zero-order chi connectivity index (χ0) is 19.4. The van der Waals surface area contributed by atoms with Crippen molar-refractivity contribution < 1.29 is 19.1 Å². The first kappa shape index (κ1) is 19.2. The molecule has 7 heteroatoms. The molecule has 146 valence electrons. The van der Waals surface area contributed by atoms with Crippen LogP contribution >= 0.6 is 0 Å². The molecule has 1 atom stereocenters. The molecule has 0 saturated carbocycles. The molecule has 0 aliphatic carbocycles. The number of ether oxygens (including phenoxy) is 2. The lowest BCUT2D eigenvalue weighted by Crippen LogP contribution is -2.49. The summed E-state index contributed by atoms with van der Waals surface area (Å²) < 4.78 is 10.2. The first-order valence-corrected chi connectivity index (χ1v) is 9.27. The zero-order valence-electron chi connectivity index (χ0n) is 16.1. The Morgan fingerprint density at radius 2 is 1.85 bits per heavy atom. The largest absolute Gasteiger partial charge is 0.497 e. The quantitative estimate of drug-likeness (QED) is 0.774. The molecule has 27 heavy (non-hydrogen) atoms. The second-order valence-corrected chi connectivity index (χ2v) is 7.15. The summed E-state index contributed by atoms with van der Waals surface area (Å²) in [6.45, 7) is 4.69. The molecular weight excluding hydrogens is 346 g/mol. The molecule has 2 aliphatic rings. The van der Waals surface area contributed by atoms with Crippen LogP contribution in [-0.2, 0) is 9.53 Å². The van der Waals surface area contributed by atoms with Crippen LogP contribution < -0.4 is 15.4 Å². The van der Waals surface area contributed by atoms with Crippen LogP contribution in [0.3, 0.4) is 0 Å². The van der Waals surface area contributed by atoms with Gasteiger partial charge in [0.05, 0.1) is 25.8 Å². The van der Waals surface area contributed by atoms with Crippen LogP contribution in [0.5, 0.6) is 5.75 Å². The Labute approximate surface area is 159 Å². The van der Waals surface area contributed by atoms with Crippen molar-refractivity contribution in [2.75, 3.05) is 33.9 Å². The number of nitrogens with one attached hydrogen (secondary N) is 2. The van der Waals surface area contributed by atoms with E-state index in [0.717, 1.165) is 31.5 Å². The normalized spacial score (nSPS) is 21.4. The maximum Gasteiger partial charge on any atom is 0.338 e. The van der Waals surface area contributed by atoms with E-state index in [1.165, 1.54) is 7.11 Å². The predicted molar refractivity (Wildman–Crippen MR) is 101 cm³/mol. The summed E-state index contributed by atoms with van der Waals surface area (Å²) in [5, 5.41) is 5.67. The summed E-state index contributed by atoms with van der Waals surface area (Å²) >= 11 is 0. The number of amides is 2. The molecule has 3 rings (SSSR count). The second kappa shape index (κ2) is 8.43. The molecular formula is C20H27N3O4. The lowest BCUT2D eigenvalue weighted by Gasteiger charge is -2.34. The molecule has 2 aliphatic heterocycles. The van der Waals surface area contributed by atoms with Gasteiger partial charge in [-0.25, -0.2) is 9.59 Å². The molecule has 0 bridgehead atoms. The van der Waals surface area contributed by atoms with E-state index in [2.05, 4.69) is 22.5 Å². The van der Waals surface area contributed by atoms with Gasteiger partial charge in [0.25, 0.3) is 0 Å². The number of rotatable bonds is 5. The Kier molecular flexibility index (Phi) is 6.01. The van der Waals surface area contributed by atoms with Crippen molar-refractivity contribution in [3.63, 3.8) is 0 Å². The van der Waals surface area contributed by atoms with Gasteiger partial charge in [-0.15, -0.1) is 0 Å². The van der Waals surface area contributed by atoms with Crippen LogP contribution in [0.25, 0.3) is 0 Å². The van der Waals surface area contributed by atoms with Gasteiger partial charge in [0, 0.05) is 12.2 Å². The summed E-state index contributed by atoms with van der Waals surface area (Å²) in [6, 6.07) is 6.43. The van der Waals surface area contributed by atoms with E-state index in [1.807, 2.05) is 24.3 Å². The summed E-state index contributed by atoms with van der Waals surface area (Å²) in [7, 11) is 2.95. The summed E-state index contributed by atoms with van der Waals surface area (Å²) in [5.41, 5.74) is 1.86. The van der Waals surface area contributed by atoms with Crippen LogP contribution in [0, 0.1) is 5.92 Å². The van der Waals surface area contributed by atoms with Crippen molar-refractivity contribution in [1.82, 2.24) is 15.5 Å². The Morgan fingerprint density at radius 1 is 1.19 bits per heavy atom. The van der Waals surface area contributed by atoms with E-state index < -0.39 is 12.0 Å². The predicted octanol–water partition coefficient (Wildman–Crippen LogP) is 2.21. The number of carbonyl (C=O) groups excluding carboxylic acids is 2. The van der Waals surface area contributed by atoms with Gasteiger partial charge in [-0.05, 0) is 49.5 Å². The van der Waals surface area contributed by atoms with Gasteiger partial charge >= 0.3 is 12.0 Å². The van der Waals surface area contributed by atoms with Gasteiger partial charge in [0.2, 0.25) is 0 Å². The molecule has 2 amide bonds. The summed E-state index contributed by atoms with van der Waals surface area (Å²) in [6.07, 6.45) is 2.24. The van der Waals surface area contributed by atoms with Crippen molar-refractivity contribution in [3.05, 3.63) is 41.1 Å². The highest BCUT2D eigenvalue weighted by molar-refractivity contribution is 5.95. The van der Waals surface area contributed by atoms with Crippen LogP contribution in [0.1, 0.15) is 31.4 Å². The highest BCUT2D eigenvalue weighted by Crippen LogP contribution is 2.29. The number of nitrogens with zero attached hydrogens (tertiary/aromatic N) is 1. The minimum absolute atomic E-state index is 0.316.